The fraction of sp³-hybridized carbons (Fsp3) is 0.333. The van der Waals surface area contributed by atoms with Crippen molar-refractivity contribution in [2.45, 2.75) is 26.8 Å². The lowest BCUT2D eigenvalue weighted by molar-refractivity contribution is 0.574. The van der Waals surface area contributed by atoms with Crippen LogP contribution in [0.1, 0.15) is 23.4 Å². The molecule has 0 aliphatic rings. The zero-order valence-corrected chi connectivity index (χ0v) is 12.4. The highest BCUT2D eigenvalue weighted by Crippen LogP contribution is 2.22. The molecule has 0 atom stereocenters. The van der Waals surface area contributed by atoms with Gasteiger partial charge in [0.1, 0.15) is 0 Å². The van der Waals surface area contributed by atoms with Gasteiger partial charge in [-0.15, -0.1) is 0 Å². The second-order valence-electron chi connectivity index (χ2n) is 4.74. The minimum atomic E-state index is 0.572. The summed E-state index contributed by atoms with van der Waals surface area (Å²) in [6, 6.07) is 9.41. The zero-order chi connectivity index (χ0) is 14.5. The van der Waals surface area contributed by atoms with Gasteiger partial charge in [-0.1, -0.05) is 11.6 Å². The number of nitrogens with one attached hydrogen (secondary N) is 1. The molecule has 104 valence electrons. The molecule has 4 nitrogen and oxygen atoms in total. The van der Waals surface area contributed by atoms with E-state index in [9.17, 15) is 0 Å². The first-order chi connectivity index (χ1) is 9.60. The van der Waals surface area contributed by atoms with E-state index in [1.54, 1.807) is 12.1 Å². The number of aryl methyl sites for hydroxylation is 3. The highest BCUT2D eigenvalue weighted by molar-refractivity contribution is 6.33. The third-order valence-electron chi connectivity index (χ3n) is 3.06. The number of benzene rings is 1. The molecule has 5 heteroatoms. The SMILES string of the molecule is Cc1cc(C)n(CCCNc2ccc(C#N)cc2Cl)n1. The molecule has 0 spiro atoms. The van der Waals surface area contributed by atoms with Gasteiger partial charge in [0.05, 0.1) is 28.0 Å². The van der Waals surface area contributed by atoms with Gasteiger partial charge in [-0.3, -0.25) is 4.68 Å². The molecule has 0 aliphatic heterocycles. The van der Waals surface area contributed by atoms with Gasteiger partial charge in [-0.05, 0) is 44.5 Å². The van der Waals surface area contributed by atoms with E-state index in [4.69, 9.17) is 16.9 Å². The fourth-order valence-electron chi connectivity index (χ4n) is 2.08. The predicted molar refractivity (Wildman–Crippen MR) is 81.0 cm³/mol. The number of rotatable bonds is 5. The maximum atomic E-state index is 8.78. The van der Waals surface area contributed by atoms with Gasteiger partial charge in [-0.2, -0.15) is 10.4 Å². The van der Waals surface area contributed by atoms with Crippen molar-refractivity contribution >= 4 is 17.3 Å². The number of hydrogen-bond donors (Lipinski definition) is 1. The van der Waals surface area contributed by atoms with Gasteiger partial charge in [0.2, 0.25) is 0 Å². The summed E-state index contributed by atoms with van der Waals surface area (Å²) in [4.78, 5) is 0. The molecule has 0 aliphatic carbocycles. The van der Waals surface area contributed by atoms with Crippen LogP contribution in [0.2, 0.25) is 5.02 Å². The highest BCUT2D eigenvalue weighted by atomic mass is 35.5. The molecule has 1 aromatic carbocycles. The molecule has 1 aromatic heterocycles. The number of nitriles is 1. The molecule has 0 unspecified atom stereocenters. The molecule has 0 saturated heterocycles. The molecule has 0 bridgehead atoms. The predicted octanol–water partition coefficient (Wildman–Crippen LogP) is 3.53. The molecule has 0 amide bonds. The van der Waals surface area contributed by atoms with E-state index in [1.807, 2.05) is 17.7 Å². The second-order valence-corrected chi connectivity index (χ2v) is 5.14. The van der Waals surface area contributed by atoms with Gasteiger partial charge < -0.3 is 5.32 Å². The Hall–Kier alpha value is -1.99. The van der Waals surface area contributed by atoms with Crippen LogP contribution < -0.4 is 5.32 Å². The minimum Gasteiger partial charge on any atom is -0.384 e. The van der Waals surface area contributed by atoms with E-state index in [2.05, 4.69) is 29.5 Å². The van der Waals surface area contributed by atoms with E-state index in [0.717, 1.165) is 30.9 Å². The first kappa shape index (κ1) is 14.4. The smallest absolute Gasteiger partial charge is 0.0992 e. The van der Waals surface area contributed by atoms with Gasteiger partial charge in [0.25, 0.3) is 0 Å². The molecule has 1 heterocycles. The Kier molecular flexibility index (Phi) is 4.65. The van der Waals surface area contributed by atoms with Crippen LogP contribution >= 0.6 is 11.6 Å². The average molecular weight is 289 g/mol. The number of aromatic nitrogens is 2. The van der Waals surface area contributed by atoms with E-state index < -0.39 is 0 Å². The van der Waals surface area contributed by atoms with Gasteiger partial charge in [0.15, 0.2) is 0 Å². The molecule has 0 fully saturated rings. The summed E-state index contributed by atoms with van der Waals surface area (Å²) in [7, 11) is 0. The summed E-state index contributed by atoms with van der Waals surface area (Å²) >= 11 is 6.10. The minimum absolute atomic E-state index is 0.572. The lowest BCUT2D eigenvalue weighted by Crippen LogP contribution is -2.09. The molecule has 2 rings (SSSR count). The van der Waals surface area contributed by atoms with Gasteiger partial charge >= 0.3 is 0 Å². The Bertz CT molecular complexity index is 640. The summed E-state index contributed by atoms with van der Waals surface area (Å²) in [5.41, 5.74) is 3.66. The largest absolute Gasteiger partial charge is 0.384 e. The normalized spacial score (nSPS) is 10.3. The van der Waals surface area contributed by atoms with Crippen molar-refractivity contribution in [1.82, 2.24) is 9.78 Å². The summed E-state index contributed by atoms with van der Waals surface area (Å²) in [5, 5.41) is 17.1. The third-order valence-corrected chi connectivity index (χ3v) is 3.38. The average Bonchev–Trinajstić information content (AvgIpc) is 2.74. The van der Waals surface area contributed by atoms with Crippen molar-refractivity contribution < 1.29 is 0 Å². The number of nitrogens with zero attached hydrogens (tertiary/aromatic N) is 3. The van der Waals surface area contributed by atoms with Crippen LogP contribution in [0.4, 0.5) is 5.69 Å². The van der Waals surface area contributed by atoms with Crippen molar-refractivity contribution in [3.05, 3.63) is 46.2 Å². The Balaban J connectivity index is 1.85. The number of halogens is 1. The summed E-state index contributed by atoms with van der Waals surface area (Å²) in [6.45, 7) is 5.74. The first-order valence-corrected chi connectivity index (χ1v) is 6.92. The summed E-state index contributed by atoms with van der Waals surface area (Å²) < 4.78 is 2.01. The van der Waals surface area contributed by atoms with Gasteiger partial charge in [-0.25, -0.2) is 0 Å². The Morgan fingerprint density at radius 3 is 2.75 bits per heavy atom. The monoisotopic (exact) mass is 288 g/mol. The zero-order valence-electron chi connectivity index (χ0n) is 11.7. The van der Waals surface area contributed by atoms with Crippen LogP contribution in [0.25, 0.3) is 0 Å². The fourth-order valence-corrected chi connectivity index (χ4v) is 2.33. The van der Waals surface area contributed by atoms with Gasteiger partial charge in [0, 0.05) is 18.8 Å². The standard InChI is InChI=1S/C15H17ClN4/c1-11-8-12(2)20(19-11)7-3-6-18-15-5-4-13(10-17)9-14(15)16/h4-5,8-9,18H,3,6-7H2,1-2H3. The lowest BCUT2D eigenvalue weighted by atomic mass is 10.2. The molecule has 0 radical (unpaired) electrons. The topological polar surface area (TPSA) is 53.6 Å². The van der Waals surface area contributed by atoms with Crippen molar-refractivity contribution in [1.29, 1.82) is 5.26 Å². The van der Waals surface area contributed by atoms with Crippen molar-refractivity contribution in [3.63, 3.8) is 0 Å². The first-order valence-electron chi connectivity index (χ1n) is 6.54. The summed E-state index contributed by atoms with van der Waals surface area (Å²) in [5.74, 6) is 0. The number of anilines is 1. The van der Waals surface area contributed by atoms with Crippen LogP contribution in [-0.2, 0) is 6.54 Å². The van der Waals surface area contributed by atoms with Crippen LogP contribution in [0.5, 0.6) is 0 Å². The lowest BCUT2D eigenvalue weighted by Gasteiger charge is -2.09. The number of hydrogen-bond acceptors (Lipinski definition) is 3. The summed E-state index contributed by atoms with van der Waals surface area (Å²) in [6.07, 6.45) is 0.957. The maximum absolute atomic E-state index is 8.78. The Labute approximate surface area is 124 Å². The van der Waals surface area contributed by atoms with E-state index in [0.29, 0.717) is 10.6 Å². The maximum Gasteiger partial charge on any atom is 0.0992 e. The van der Waals surface area contributed by atoms with Crippen LogP contribution in [0.15, 0.2) is 24.3 Å². The van der Waals surface area contributed by atoms with Crippen molar-refractivity contribution in [2.24, 2.45) is 0 Å². The van der Waals surface area contributed by atoms with Crippen LogP contribution in [0.3, 0.4) is 0 Å². The van der Waals surface area contributed by atoms with Crippen molar-refractivity contribution in [3.8, 4) is 6.07 Å². The van der Waals surface area contributed by atoms with E-state index in [-0.39, 0.29) is 0 Å². The molecular weight excluding hydrogens is 272 g/mol. The molecule has 2 aromatic rings. The highest BCUT2D eigenvalue weighted by Gasteiger charge is 2.02. The molecule has 20 heavy (non-hydrogen) atoms. The molecular formula is C15H17ClN4. The van der Waals surface area contributed by atoms with E-state index >= 15 is 0 Å². The third kappa shape index (κ3) is 3.52. The van der Waals surface area contributed by atoms with Crippen LogP contribution in [-0.4, -0.2) is 16.3 Å². The van der Waals surface area contributed by atoms with E-state index in [1.165, 1.54) is 5.69 Å². The Morgan fingerprint density at radius 2 is 2.15 bits per heavy atom. The van der Waals surface area contributed by atoms with Crippen LogP contribution in [0, 0.1) is 25.2 Å². The Morgan fingerprint density at radius 1 is 1.35 bits per heavy atom. The second kappa shape index (κ2) is 6.44. The molecule has 0 saturated carbocycles. The quantitative estimate of drug-likeness (QED) is 0.856. The van der Waals surface area contributed by atoms with Crippen molar-refractivity contribution in [2.75, 3.05) is 11.9 Å². The molecule has 1 N–H and O–H groups in total.